The van der Waals surface area contributed by atoms with Crippen LogP contribution in [0.2, 0.25) is 0 Å². The normalized spacial score (nSPS) is 11.4. The lowest BCUT2D eigenvalue weighted by atomic mass is 10.3. The van der Waals surface area contributed by atoms with Crippen LogP contribution in [-0.4, -0.2) is 18.4 Å². The monoisotopic (exact) mass is 300 g/mol. The van der Waals surface area contributed by atoms with Gasteiger partial charge in [-0.2, -0.15) is 0 Å². The first-order valence-electron chi connectivity index (χ1n) is 6.14. The van der Waals surface area contributed by atoms with Crippen LogP contribution in [0.3, 0.4) is 0 Å². The summed E-state index contributed by atoms with van der Waals surface area (Å²) >= 11 is 0. The van der Waals surface area contributed by atoms with E-state index < -0.39 is 10.0 Å². The lowest BCUT2D eigenvalue weighted by Gasteiger charge is -2.09. The van der Waals surface area contributed by atoms with Crippen LogP contribution in [-0.2, 0) is 10.0 Å². The van der Waals surface area contributed by atoms with Crippen LogP contribution in [0, 0.1) is 0 Å². The third-order valence-electron chi connectivity index (χ3n) is 2.89. The molecule has 0 unspecified atom stereocenters. The molecule has 1 heterocycles. The highest BCUT2D eigenvalue weighted by Gasteiger charge is 2.14. The number of hydrogen-bond donors (Lipinski definition) is 2. The Morgan fingerprint density at radius 1 is 0.952 bits per heavy atom. The minimum atomic E-state index is -3.68. The zero-order chi connectivity index (χ0) is 14.9. The predicted molar refractivity (Wildman–Crippen MR) is 81.2 cm³/mol. The Morgan fingerprint density at radius 2 is 1.71 bits per heavy atom. The van der Waals surface area contributed by atoms with Crippen molar-refractivity contribution in [3.63, 3.8) is 0 Å². The Morgan fingerprint density at radius 3 is 2.48 bits per heavy atom. The molecule has 0 radical (unpaired) electrons. The maximum Gasteiger partial charge on any atom is 0.261 e. The zero-order valence-electron chi connectivity index (χ0n) is 10.9. The van der Waals surface area contributed by atoms with Crippen molar-refractivity contribution in [3.8, 4) is 0 Å². The molecule has 0 saturated heterocycles. The molecule has 0 bridgehead atoms. The molecule has 0 spiro atoms. The van der Waals surface area contributed by atoms with Gasteiger partial charge in [0.15, 0.2) is 0 Å². The highest BCUT2D eigenvalue weighted by atomic mass is 32.2. The molecule has 0 atom stereocenters. The second-order valence-corrected chi connectivity index (χ2v) is 6.12. The highest BCUT2D eigenvalue weighted by molar-refractivity contribution is 7.92. The van der Waals surface area contributed by atoms with Gasteiger partial charge in [-0.05, 0) is 36.4 Å². The van der Waals surface area contributed by atoms with E-state index in [1.54, 1.807) is 42.7 Å². The Hall–Kier alpha value is -2.67. The van der Waals surface area contributed by atoms with Crippen molar-refractivity contribution in [1.82, 2.24) is 9.97 Å². The standard InChI is InChI=1S/C14H12N4O2S/c15-10-2-1-3-12(8-10)21(19,20)18-11-4-5-13-14(9-11)17-7-6-16-13/h1-9,18H,15H2. The van der Waals surface area contributed by atoms with Crippen LogP contribution >= 0.6 is 0 Å². The average Bonchev–Trinajstić information content (AvgIpc) is 2.47. The van der Waals surface area contributed by atoms with Gasteiger partial charge in [-0.15, -0.1) is 0 Å². The molecule has 0 amide bonds. The molecule has 21 heavy (non-hydrogen) atoms. The average molecular weight is 300 g/mol. The molecule has 3 rings (SSSR count). The number of benzene rings is 2. The Kier molecular flexibility index (Phi) is 3.19. The van der Waals surface area contributed by atoms with Crippen molar-refractivity contribution in [1.29, 1.82) is 0 Å². The van der Waals surface area contributed by atoms with E-state index >= 15 is 0 Å². The van der Waals surface area contributed by atoms with Gasteiger partial charge in [0.2, 0.25) is 0 Å². The first-order valence-corrected chi connectivity index (χ1v) is 7.62. The number of nitrogens with two attached hydrogens (primary N) is 1. The smallest absolute Gasteiger partial charge is 0.261 e. The van der Waals surface area contributed by atoms with Gasteiger partial charge in [-0.3, -0.25) is 14.7 Å². The topological polar surface area (TPSA) is 98.0 Å². The number of sulfonamides is 1. The molecule has 1 aromatic heterocycles. The number of nitrogen functional groups attached to an aromatic ring is 1. The van der Waals surface area contributed by atoms with Crippen LogP contribution in [0.4, 0.5) is 11.4 Å². The van der Waals surface area contributed by atoms with E-state index in [0.717, 1.165) is 0 Å². The van der Waals surface area contributed by atoms with E-state index in [-0.39, 0.29) is 4.90 Å². The molecular formula is C14H12N4O2S. The molecular weight excluding hydrogens is 288 g/mol. The summed E-state index contributed by atoms with van der Waals surface area (Å²) in [5.41, 5.74) is 7.74. The molecule has 2 aromatic carbocycles. The van der Waals surface area contributed by atoms with Crippen molar-refractivity contribution in [2.24, 2.45) is 0 Å². The maximum atomic E-state index is 12.3. The number of rotatable bonds is 3. The number of fused-ring (bicyclic) bond motifs is 1. The van der Waals surface area contributed by atoms with Crippen LogP contribution in [0.15, 0.2) is 59.8 Å². The van der Waals surface area contributed by atoms with Crippen LogP contribution in [0.25, 0.3) is 11.0 Å². The number of aromatic nitrogens is 2. The number of nitrogens with zero attached hydrogens (tertiary/aromatic N) is 2. The lowest BCUT2D eigenvalue weighted by molar-refractivity contribution is 0.601. The van der Waals surface area contributed by atoms with Gasteiger partial charge in [0.25, 0.3) is 10.0 Å². The van der Waals surface area contributed by atoms with Crippen molar-refractivity contribution >= 4 is 32.4 Å². The van der Waals surface area contributed by atoms with Gasteiger partial charge in [-0.1, -0.05) is 6.07 Å². The molecule has 3 N–H and O–H groups in total. The summed E-state index contributed by atoms with van der Waals surface area (Å²) in [6, 6.07) is 11.1. The van der Waals surface area contributed by atoms with Crippen molar-refractivity contribution < 1.29 is 8.42 Å². The Balaban J connectivity index is 1.97. The summed E-state index contributed by atoms with van der Waals surface area (Å²) in [4.78, 5) is 8.39. The van der Waals surface area contributed by atoms with Crippen molar-refractivity contribution in [2.75, 3.05) is 10.5 Å². The summed E-state index contributed by atoms with van der Waals surface area (Å²) < 4.78 is 27.1. The highest BCUT2D eigenvalue weighted by Crippen LogP contribution is 2.20. The molecule has 0 saturated carbocycles. The summed E-state index contributed by atoms with van der Waals surface area (Å²) in [6.07, 6.45) is 3.14. The van der Waals surface area contributed by atoms with E-state index in [4.69, 9.17) is 5.73 Å². The fourth-order valence-corrected chi connectivity index (χ4v) is 3.03. The van der Waals surface area contributed by atoms with E-state index in [2.05, 4.69) is 14.7 Å². The van der Waals surface area contributed by atoms with Gasteiger partial charge in [0.1, 0.15) is 0 Å². The largest absolute Gasteiger partial charge is 0.399 e. The molecule has 0 aliphatic rings. The predicted octanol–water partition coefficient (Wildman–Crippen LogP) is 2.01. The summed E-state index contributed by atoms with van der Waals surface area (Å²) in [5, 5.41) is 0. The lowest BCUT2D eigenvalue weighted by Crippen LogP contribution is -2.13. The molecule has 3 aromatic rings. The minimum Gasteiger partial charge on any atom is -0.399 e. The summed E-state index contributed by atoms with van der Waals surface area (Å²) in [7, 11) is -3.68. The van der Waals surface area contributed by atoms with Crippen molar-refractivity contribution in [2.45, 2.75) is 4.90 Å². The summed E-state index contributed by atoms with van der Waals surface area (Å²) in [6.45, 7) is 0. The van der Waals surface area contributed by atoms with Gasteiger partial charge < -0.3 is 5.73 Å². The van der Waals surface area contributed by atoms with E-state index in [0.29, 0.717) is 22.4 Å². The number of nitrogens with one attached hydrogen (secondary N) is 1. The van der Waals surface area contributed by atoms with E-state index in [1.807, 2.05) is 0 Å². The molecule has 0 aliphatic heterocycles. The zero-order valence-corrected chi connectivity index (χ0v) is 11.7. The second-order valence-electron chi connectivity index (χ2n) is 4.44. The fourth-order valence-electron chi connectivity index (χ4n) is 1.92. The Labute approximate surface area is 121 Å². The van der Waals surface area contributed by atoms with Gasteiger partial charge in [0, 0.05) is 18.1 Å². The van der Waals surface area contributed by atoms with Crippen LogP contribution in [0.5, 0.6) is 0 Å². The van der Waals surface area contributed by atoms with Gasteiger partial charge in [-0.25, -0.2) is 8.42 Å². The Bertz CT molecular complexity index is 910. The number of hydrogen-bond acceptors (Lipinski definition) is 5. The molecule has 6 nitrogen and oxygen atoms in total. The van der Waals surface area contributed by atoms with Gasteiger partial charge >= 0.3 is 0 Å². The fraction of sp³-hybridized carbons (Fsp3) is 0. The minimum absolute atomic E-state index is 0.113. The van der Waals surface area contributed by atoms with Gasteiger partial charge in [0.05, 0.1) is 21.6 Å². The SMILES string of the molecule is Nc1cccc(S(=O)(=O)Nc2ccc3nccnc3c2)c1. The first-order chi connectivity index (χ1) is 10.0. The van der Waals surface area contributed by atoms with E-state index in [9.17, 15) is 8.42 Å². The number of anilines is 2. The quantitative estimate of drug-likeness (QED) is 0.721. The molecule has 106 valence electrons. The maximum absolute atomic E-state index is 12.3. The molecule has 0 aliphatic carbocycles. The third-order valence-corrected chi connectivity index (χ3v) is 4.27. The van der Waals surface area contributed by atoms with Crippen molar-refractivity contribution in [3.05, 3.63) is 54.9 Å². The van der Waals surface area contributed by atoms with Crippen LogP contribution < -0.4 is 10.5 Å². The second kappa shape index (κ2) is 5.02. The molecule has 7 heteroatoms. The van der Waals surface area contributed by atoms with E-state index in [1.165, 1.54) is 12.1 Å². The molecule has 0 fully saturated rings. The van der Waals surface area contributed by atoms with Crippen LogP contribution in [0.1, 0.15) is 0 Å². The first kappa shape index (κ1) is 13.3. The summed E-state index contributed by atoms with van der Waals surface area (Å²) in [5.74, 6) is 0. The third kappa shape index (κ3) is 2.77.